The summed E-state index contributed by atoms with van der Waals surface area (Å²) in [6, 6.07) is 26.2. The van der Waals surface area contributed by atoms with E-state index in [2.05, 4.69) is 5.32 Å². The number of carbonyl (C=O) groups excluding carboxylic acids is 4. The molecule has 2 aliphatic rings. The van der Waals surface area contributed by atoms with Crippen LogP contribution < -0.4 is 5.32 Å². The Labute approximate surface area is 252 Å². The van der Waals surface area contributed by atoms with Gasteiger partial charge in [0.1, 0.15) is 5.75 Å². The maximum Gasteiger partial charge on any atom is 0.312 e. The first-order chi connectivity index (χ1) is 20.9. The molecule has 3 aromatic rings. The van der Waals surface area contributed by atoms with Gasteiger partial charge in [0.2, 0.25) is 0 Å². The molecule has 0 bridgehead atoms. The number of nitrogens with zero attached hydrogens (tertiary/aromatic N) is 3. The Hall–Kier alpha value is -4.66. The highest BCUT2D eigenvalue weighted by Gasteiger charge is 2.39. The second-order valence-electron chi connectivity index (χ2n) is 11.3. The van der Waals surface area contributed by atoms with Crippen molar-refractivity contribution < 1.29 is 24.3 Å². The standard InChI is InChI=1S/C34H38N4O5/c39-30-16-14-26(15-17-30)21-29-24-36(33(42)34(43)37(29)20-18-25-9-3-1-4-10-25)19-8-7-13-28-22-35-31(40)32(41)38(28)23-27-11-5-2-6-12-27/h1-6,9-12,14-17,28-29,39H,7-8,13,18-24H2,(H,35,40)/t28-,29-/m0/s1. The van der Waals surface area contributed by atoms with E-state index >= 15 is 0 Å². The van der Waals surface area contributed by atoms with Crippen LogP contribution in [0, 0.1) is 0 Å². The van der Waals surface area contributed by atoms with Gasteiger partial charge in [-0.1, -0.05) is 72.8 Å². The van der Waals surface area contributed by atoms with Gasteiger partial charge in [0.25, 0.3) is 0 Å². The molecule has 2 fully saturated rings. The first-order valence-electron chi connectivity index (χ1n) is 14.9. The van der Waals surface area contributed by atoms with Gasteiger partial charge in [-0.3, -0.25) is 19.2 Å². The van der Waals surface area contributed by atoms with Gasteiger partial charge in [0.05, 0.1) is 6.04 Å². The number of benzene rings is 3. The molecule has 9 nitrogen and oxygen atoms in total. The van der Waals surface area contributed by atoms with Crippen molar-refractivity contribution >= 4 is 23.6 Å². The van der Waals surface area contributed by atoms with E-state index in [1.54, 1.807) is 26.8 Å². The molecule has 3 aromatic carbocycles. The summed E-state index contributed by atoms with van der Waals surface area (Å²) < 4.78 is 0. The number of unbranched alkanes of at least 4 members (excludes halogenated alkanes) is 1. The summed E-state index contributed by atoms with van der Waals surface area (Å²) in [6.07, 6.45) is 3.31. The number of phenols is 1. The third-order valence-electron chi connectivity index (χ3n) is 8.30. The Kier molecular flexibility index (Phi) is 9.71. The van der Waals surface area contributed by atoms with Crippen LogP contribution in [0.15, 0.2) is 84.9 Å². The van der Waals surface area contributed by atoms with Crippen molar-refractivity contribution in [3.63, 3.8) is 0 Å². The van der Waals surface area contributed by atoms with E-state index in [0.29, 0.717) is 58.4 Å². The van der Waals surface area contributed by atoms with Crippen LogP contribution in [0.4, 0.5) is 0 Å². The van der Waals surface area contributed by atoms with Gasteiger partial charge in [-0.15, -0.1) is 0 Å². The topological polar surface area (TPSA) is 110 Å². The summed E-state index contributed by atoms with van der Waals surface area (Å²) in [5.41, 5.74) is 3.05. The average Bonchev–Trinajstić information content (AvgIpc) is 3.02. The molecular weight excluding hydrogens is 544 g/mol. The normalized spacial score (nSPS) is 19.1. The zero-order valence-corrected chi connectivity index (χ0v) is 24.2. The minimum atomic E-state index is -0.582. The molecule has 2 aliphatic heterocycles. The fraction of sp³-hybridized carbons (Fsp3) is 0.353. The molecule has 0 radical (unpaired) electrons. The number of piperazine rings is 2. The van der Waals surface area contributed by atoms with Crippen molar-refractivity contribution in [2.45, 2.75) is 50.7 Å². The number of nitrogens with one attached hydrogen (secondary N) is 1. The van der Waals surface area contributed by atoms with Crippen LogP contribution in [0.2, 0.25) is 0 Å². The fourth-order valence-electron chi connectivity index (χ4n) is 5.92. The van der Waals surface area contributed by atoms with Gasteiger partial charge in [-0.05, 0) is 60.9 Å². The monoisotopic (exact) mass is 582 g/mol. The summed E-state index contributed by atoms with van der Waals surface area (Å²) in [6.45, 7) is 2.08. The van der Waals surface area contributed by atoms with E-state index in [-0.39, 0.29) is 17.8 Å². The van der Waals surface area contributed by atoms with E-state index in [9.17, 15) is 24.3 Å². The summed E-state index contributed by atoms with van der Waals surface area (Å²) in [5, 5.41) is 12.4. The maximum absolute atomic E-state index is 13.4. The van der Waals surface area contributed by atoms with Gasteiger partial charge in [0.15, 0.2) is 0 Å². The Morgan fingerprint density at radius 3 is 2.05 bits per heavy atom. The van der Waals surface area contributed by atoms with Crippen LogP contribution in [0.1, 0.15) is 36.0 Å². The van der Waals surface area contributed by atoms with Crippen molar-refractivity contribution in [2.24, 2.45) is 0 Å². The highest BCUT2D eigenvalue weighted by Crippen LogP contribution is 2.21. The molecular formula is C34H38N4O5. The third-order valence-corrected chi connectivity index (χ3v) is 8.30. The van der Waals surface area contributed by atoms with Crippen LogP contribution in [0.5, 0.6) is 5.75 Å². The van der Waals surface area contributed by atoms with Crippen molar-refractivity contribution in [2.75, 3.05) is 26.2 Å². The van der Waals surface area contributed by atoms with E-state index in [0.717, 1.165) is 23.1 Å². The third kappa shape index (κ3) is 7.60. The molecule has 0 aromatic heterocycles. The number of carbonyl (C=O) groups is 4. The summed E-state index contributed by atoms with van der Waals surface area (Å²) in [5.74, 6) is -1.89. The Morgan fingerprint density at radius 1 is 0.674 bits per heavy atom. The Morgan fingerprint density at radius 2 is 1.35 bits per heavy atom. The highest BCUT2D eigenvalue weighted by atomic mass is 16.3. The minimum absolute atomic E-state index is 0.139. The van der Waals surface area contributed by atoms with E-state index in [1.807, 2.05) is 72.8 Å². The largest absolute Gasteiger partial charge is 0.508 e. The van der Waals surface area contributed by atoms with Crippen LogP contribution in [0.3, 0.4) is 0 Å². The Bertz CT molecular complexity index is 1410. The Balaban J connectivity index is 1.20. The predicted molar refractivity (Wildman–Crippen MR) is 162 cm³/mol. The van der Waals surface area contributed by atoms with Crippen LogP contribution in [0.25, 0.3) is 0 Å². The molecule has 0 saturated carbocycles. The lowest BCUT2D eigenvalue weighted by atomic mass is 9.99. The lowest BCUT2D eigenvalue weighted by Gasteiger charge is -2.41. The van der Waals surface area contributed by atoms with E-state index in [4.69, 9.17) is 0 Å². The number of amides is 4. The molecule has 5 rings (SSSR count). The molecule has 0 aliphatic carbocycles. The molecule has 2 atom stereocenters. The fourth-order valence-corrected chi connectivity index (χ4v) is 5.92. The number of rotatable bonds is 12. The van der Waals surface area contributed by atoms with Crippen molar-refractivity contribution in [1.29, 1.82) is 0 Å². The summed E-state index contributed by atoms with van der Waals surface area (Å²) in [7, 11) is 0. The molecule has 9 heteroatoms. The molecule has 2 saturated heterocycles. The van der Waals surface area contributed by atoms with Gasteiger partial charge < -0.3 is 25.1 Å². The smallest absolute Gasteiger partial charge is 0.312 e. The van der Waals surface area contributed by atoms with Gasteiger partial charge in [-0.2, -0.15) is 0 Å². The van der Waals surface area contributed by atoms with Crippen LogP contribution >= 0.6 is 0 Å². The van der Waals surface area contributed by atoms with Crippen LogP contribution in [-0.4, -0.2) is 81.7 Å². The molecule has 43 heavy (non-hydrogen) atoms. The molecule has 0 spiro atoms. The van der Waals surface area contributed by atoms with Crippen molar-refractivity contribution in [3.8, 4) is 5.75 Å². The zero-order valence-electron chi connectivity index (χ0n) is 24.2. The first-order valence-corrected chi connectivity index (χ1v) is 14.9. The molecule has 2 N–H and O–H groups in total. The van der Waals surface area contributed by atoms with Crippen molar-refractivity contribution in [1.82, 2.24) is 20.0 Å². The second-order valence-corrected chi connectivity index (χ2v) is 11.3. The van der Waals surface area contributed by atoms with E-state index in [1.165, 1.54) is 0 Å². The lowest BCUT2D eigenvalue weighted by Crippen LogP contribution is -2.60. The zero-order chi connectivity index (χ0) is 30.2. The number of hydrogen-bond acceptors (Lipinski definition) is 5. The van der Waals surface area contributed by atoms with Gasteiger partial charge >= 0.3 is 23.6 Å². The molecule has 224 valence electrons. The SMILES string of the molecule is O=C1NC[C@H](CCCCN2C[C@H](Cc3ccc(O)cc3)N(CCc3ccccc3)C(=O)C2=O)N(Cc2ccccc2)C1=O. The predicted octanol–water partition coefficient (Wildman–Crippen LogP) is 2.91. The quantitative estimate of drug-likeness (QED) is 0.252. The number of hydrogen-bond donors (Lipinski definition) is 2. The molecule has 4 amide bonds. The molecule has 0 unspecified atom stereocenters. The summed E-state index contributed by atoms with van der Waals surface area (Å²) in [4.78, 5) is 56.4. The number of phenolic OH excluding ortho intramolecular Hbond substituents is 1. The molecule has 2 heterocycles. The summed E-state index contributed by atoms with van der Waals surface area (Å²) >= 11 is 0. The first kappa shape index (κ1) is 29.8. The van der Waals surface area contributed by atoms with Gasteiger partial charge in [-0.25, -0.2) is 0 Å². The minimum Gasteiger partial charge on any atom is -0.508 e. The number of aromatic hydroxyl groups is 1. The second kappa shape index (κ2) is 14.0. The average molecular weight is 583 g/mol. The highest BCUT2D eigenvalue weighted by molar-refractivity contribution is 6.36. The van der Waals surface area contributed by atoms with Crippen molar-refractivity contribution in [3.05, 3.63) is 102 Å². The van der Waals surface area contributed by atoms with E-state index < -0.39 is 23.6 Å². The maximum atomic E-state index is 13.4. The van der Waals surface area contributed by atoms with Gasteiger partial charge in [0, 0.05) is 38.8 Å². The van der Waals surface area contributed by atoms with Crippen LogP contribution in [-0.2, 0) is 38.6 Å². The lowest BCUT2D eigenvalue weighted by molar-refractivity contribution is -0.159.